The highest BCUT2D eigenvalue weighted by atomic mass is 16.5. The van der Waals surface area contributed by atoms with Gasteiger partial charge in [-0.15, -0.1) is 0 Å². The number of rotatable bonds is 5. The van der Waals surface area contributed by atoms with Crippen LogP contribution in [0.5, 0.6) is 0 Å². The number of ether oxygens (including phenoxy) is 1. The summed E-state index contributed by atoms with van der Waals surface area (Å²) in [7, 11) is 0. The van der Waals surface area contributed by atoms with Crippen LogP contribution in [0.25, 0.3) is 0 Å². The maximum absolute atomic E-state index is 5.97. The number of nitrogens with one attached hydrogen (secondary N) is 1. The van der Waals surface area contributed by atoms with Crippen molar-refractivity contribution in [3.8, 4) is 0 Å². The summed E-state index contributed by atoms with van der Waals surface area (Å²) in [5.41, 5.74) is 3.47. The number of aromatic nitrogens is 3. The Morgan fingerprint density at radius 3 is 3.00 bits per heavy atom. The van der Waals surface area contributed by atoms with E-state index in [1.807, 2.05) is 29.1 Å². The molecule has 23 heavy (non-hydrogen) atoms. The molecular formula is C18H24N4O. The third kappa shape index (κ3) is 3.46. The number of pyridine rings is 1. The van der Waals surface area contributed by atoms with Gasteiger partial charge in [0.2, 0.25) is 0 Å². The lowest BCUT2D eigenvalue weighted by Crippen LogP contribution is -2.33. The van der Waals surface area contributed by atoms with Crippen LogP contribution in [0.1, 0.15) is 48.7 Å². The Labute approximate surface area is 137 Å². The highest BCUT2D eigenvalue weighted by Crippen LogP contribution is 2.26. The lowest BCUT2D eigenvalue weighted by molar-refractivity contribution is 0.0377. The molecule has 1 unspecified atom stereocenters. The van der Waals surface area contributed by atoms with Gasteiger partial charge in [0.1, 0.15) is 6.10 Å². The van der Waals surface area contributed by atoms with Gasteiger partial charge in [0.25, 0.3) is 0 Å². The van der Waals surface area contributed by atoms with E-state index in [9.17, 15) is 0 Å². The monoisotopic (exact) mass is 312 g/mol. The third-order valence-electron chi connectivity index (χ3n) is 4.86. The number of hydrogen-bond acceptors (Lipinski definition) is 4. The van der Waals surface area contributed by atoms with Crippen LogP contribution in [-0.2, 0) is 17.7 Å². The summed E-state index contributed by atoms with van der Waals surface area (Å²) in [6, 6.07) is 6.66. The largest absolute Gasteiger partial charge is 0.370 e. The zero-order chi connectivity index (χ0) is 15.5. The van der Waals surface area contributed by atoms with Crippen molar-refractivity contribution in [2.24, 2.45) is 0 Å². The van der Waals surface area contributed by atoms with Gasteiger partial charge >= 0.3 is 0 Å². The zero-order valence-corrected chi connectivity index (χ0v) is 13.4. The van der Waals surface area contributed by atoms with Crippen LogP contribution in [0.4, 0.5) is 0 Å². The van der Waals surface area contributed by atoms with E-state index in [2.05, 4.69) is 16.5 Å². The normalized spacial score (nSPS) is 21.5. The maximum atomic E-state index is 5.97. The quantitative estimate of drug-likeness (QED) is 0.921. The van der Waals surface area contributed by atoms with Crippen molar-refractivity contribution in [3.05, 3.63) is 47.5 Å². The lowest BCUT2D eigenvalue weighted by atomic mass is 10.1. The first kappa shape index (κ1) is 14.8. The smallest absolute Gasteiger partial charge is 0.114 e. The van der Waals surface area contributed by atoms with Gasteiger partial charge in [0.05, 0.1) is 24.5 Å². The van der Waals surface area contributed by atoms with Crippen molar-refractivity contribution >= 4 is 0 Å². The lowest BCUT2D eigenvalue weighted by Gasteiger charge is -2.24. The molecular weight excluding hydrogens is 288 g/mol. The van der Waals surface area contributed by atoms with E-state index < -0.39 is 0 Å². The van der Waals surface area contributed by atoms with Gasteiger partial charge in [-0.2, -0.15) is 5.10 Å². The van der Waals surface area contributed by atoms with E-state index in [4.69, 9.17) is 9.84 Å². The second-order valence-electron chi connectivity index (χ2n) is 6.56. The number of hydrogen-bond donors (Lipinski definition) is 1. The fourth-order valence-electron chi connectivity index (χ4n) is 3.63. The zero-order valence-electron chi connectivity index (χ0n) is 13.4. The summed E-state index contributed by atoms with van der Waals surface area (Å²) in [6.07, 6.45) is 10.3. The Morgan fingerprint density at radius 2 is 2.17 bits per heavy atom. The van der Waals surface area contributed by atoms with E-state index >= 15 is 0 Å². The molecule has 0 amide bonds. The first-order chi connectivity index (χ1) is 11.4. The van der Waals surface area contributed by atoms with Crippen molar-refractivity contribution < 1.29 is 4.74 Å². The average Bonchev–Trinajstić information content (AvgIpc) is 3.23. The Balaban J connectivity index is 1.44. The van der Waals surface area contributed by atoms with Crippen LogP contribution in [-0.4, -0.2) is 34.0 Å². The standard InChI is InChI=1S/C18H24N4O/c1-2-6-15(5-1)20-11-17-18-14(8-10-23-17)12-22(21-18)13-16-7-3-4-9-19-16/h3-4,7,9,12,15,17,20H,1-2,5-6,8,10-11,13H2. The Kier molecular flexibility index (Phi) is 4.39. The van der Waals surface area contributed by atoms with Gasteiger partial charge in [0, 0.05) is 25.0 Å². The third-order valence-corrected chi connectivity index (χ3v) is 4.86. The van der Waals surface area contributed by atoms with Crippen molar-refractivity contribution in [3.63, 3.8) is 0 Å². The van der Waals surface area contributed by atoms with Gasteiger partial charge < -0.3 is 10.1 Å². The van der Waals surface area contributed by atoms with Crippen molar-refractivity contribution in [1.29, 1.82) is 0 Å². The van der Waals surface area contributed by atoms with Gasteiger partial charge in [0.15, 0.2) is 0 Å². The molecule has 1 aliphatic carbocycles. The summed E-state index contributed by atoms with van der Waals surface area (Å²) in [6.45, 7) is 2.38. The molecule has 122 valence electrons. The molecule has 2 aromatic rings. The molecule has 0 saturated heterocycles. The second kappa shape index (κ2) is 6.81. The maximum Gasteiger partial charge on any atom is 0.114 e. The molecule has 5 nitrogen and oxygen atoms in total. The van der Waals surface area contributed by atoms with Crippen molar-refractivity contribution in [2.45, 2.75) is 50.8 Å². The SMILES string of the molecule is c1ccc(Cn2cc3c(n2)C(CNC2CCCC2)OCC3)nc1. The van der Waals surface area contributed by atoms with E-state index in [-0.39, 0.29) is 6.10 Å². The molecule has 5 heteroatoms. The number of nitrogens with zero attached hydrogens (tertiary/aromatic N) is 3. The fourth-order valence-corrected chi connectivity index (χ4v) is 3.63. The molecule has 3 heterocycles. The summed E-state index contributed by atoms with van der Waals surface area (Å²) in [4.78, 5) is 4.38. The van der Waals surface area contributed by atoms with Crippen LogP contribution in [0.3, 0.4) is 0 Å². The highest BCUT2D eigenvalue weighted by molar-refractivity contribution is 5.23. The predicted molar refractivity (Wildman–Crippen MR) is 88.2 cm³/mol. The van der Waals surface area contributed by atoms with Gasteiger partial charge in [-0.1, -0.05) is 18.9 Å². The van der Waals surface area contributed by atoms with Crippen LogP contribution < -0.4 is 5.32 Å². The summed E-state index contributed by atoms with van der Waals surface area (Å²) < 4.78 is 7.98. The molecule has 2 aliphatic rings. The molecule has 1 saturated carbocycles. The topological polar surface area (TPSA) is 52.0 Å². The first-order valence-electron chi connectivity index (χ1n) is 8.69. The highest BCUT2D eigenvalue weighted by Gasteiger charge is 2.26. The van der Waals surface area contributed by atoms with Gasteiger partial charge in [-0.3, -0.25) is 9.67 Å². The summed E-state index contributed by atoms with van der Waals surface area (Å²) >= 11 is 0. The van der Waals surface area contributed by atoms with E-state index in [1.54, 1.807) is 0 Å². The molecule has 1 aliphatic heterocycles. The van der Waals surface area contributed by atoms with Crippen molar-refractivity contribution in [1.82, 2.24) is 20.1 Å². The van der Waals surface area contributed by atoms with E-state index in [0.29, 0.717) is 6.04 Å². The molecule has 2 aromatic heterocycles. The molecule has 1 atom stereocenters. The summed E-state index contributed by atoms with van der Waals surface area (Å²) in [5.74, 6) is 0. The van der Waals surface area contributed by atoms with Crippen LogP contribution in [0.15, 0.2) is 30.6 Å². The Hall–Kier alpha value is -1.72. The molecule has 0 aromatic carbocycles. The average molecular weight is 312 g/mol. The Morgan fingerprint density at radius 1 is 1.26 bits per heavy atom. The minimum Gasteiger partial charge on any atom is -0.370 e. The van der Waals surface area contributed by atoms with E-state index in [0.717, 1.165) is 37.5 Å². The summed E-state index contributed by atoms with van der Waals surface area (Å²) in [5, 5.41) is 8.45. The predicted octanol–water partition coefficient (Wildman–Crippen LogP) is 2.47. The molecule has 4 rings (SSSR count). The molecule has 0 bridgehead atoms. The Bertz CT molecular complexity index is 634. The first-order valence-corrected chi connectivity index (χ1v) is 8.69. The molecule has 0 radical (unpaired) electrons. The molecule has 1 fully saturated rings. The molecule has 1 N–H and O–H groups in total. The second-order valence-corrected chi connectivity index (χ2v) is 6.56. The van der Waals surface area contributed by atoms with Crippen molar-refractivity contribution in [2.75, 3.05) is 13.2 Å². The van der Waals surface area contributed by atoms with Crippen LogP contribution in [0.2, 0.25) is 0 Å². The van der Waals surface area contributed by atoms with E-state index in [1.165, 1.54) is 31.2 Å². The van der Waals surface area contributed by atoms with Gasteiger partial charge in [-0.05, 0) is 37.0 Å². The number of fused-ring (bicyclic) bond motifs is 1. The minimum atomic E-state index is 0.0873. The van der Waals surface area contributed by atoms with Crippen LogP contribution in [0, 0.1) is 0 Å². The minimum absolute atomic E-state index is 0.0873. The molecule has 0 spiro atoms. The fraction of sp³-hybridized carbons (Fsp3) is 0.556. The van der Waals surface area contributed by atoms with Gasteiger partial charge in [-0.25, -0.2) is 0 Å². The van der Waals surface area contributed by atoms with Crippen LogP contribution >= 0.6 is 0 Å².